The summed E-state index contributed by atoms with van der Waals surface area (Å²) in [6, 6.07) is -0.980. The zero-order chi connectivity index (χ0) is 53.2. The van der Waals surface area contributed by atoms with E-state index in [9.17, 15) is 45.6 Å². The summed E-state index contributed by atoms with van der Waals surface area (Å²) >= 11 is 0. The third kappa shape index (κ3) is 30.5. The predicted molar refractivity (Wildman–Crippen MR) is 290 cm³/mol. The highest BCUT2D eigenvalue weighted by Crippen LogP contribution is 2.30. The van der Waals surface area contributed by atoms with Crippen LogP contribution in [0.25, 0.3) is 0 Å². The summed E-state index contributed by atoms with van der Waals surface area (Å²) < 4.78 is 22.7. The first kappa shape index (κ1) is 66.3. The van der Waals surface area contributed by atoms with Gasteiger partial charge in [0.15, 0.2) is 12.6 Å². The summed E-state index contributed by atoms with van der Waals surface area (Å²) in [6.07, 6.45) is 42.3. The summed E-state index contributed by atoms with van der Waals surface area (Å²) in [4.78, 5) is 13.1. The van der Waals surface area contributed by atoms with Crippen molar-refractivity contribution in [1.82, 2.24) is 5.32 Å². The summed E-state index contributed by atoms with van der Waals surface area (Å²) in [6.45, 7) is 2.59. The van der Waals surface area contributed by atoms with Gasteiger partial charge in [-0.1, -0.05) is 195 Å². The van der Waals surface area contributed by atoms with Gasteiger partial charge in [0.05, 0.1) is 32.0 Å². The number of nitrogens with one attached hydrogen (secondary N) is 1. The molecule has 9 N–H and O–H groups in total. The van der Waals surface area contributed by atoms with Gasteiger partial charge in [0.1, 0.15) is 48.8 Å². The number of unbranched alkanes of at least 4 members (excludes halogenated alkanes) is 18. The molecule has 2 saturated heterocycles. The van der Waals surface area contributed by atoms with Crippen molar-refractivity contribution in [2.75, 3.05) is 19.8 Å². The molecule has 0 spiro atoms. The van der Waals surface area contributed by atoms with Gasteiger partial charge >= 0.3 is 0 Å². The maximum absolute atomic E-state index is 13.1. The number of hydrogen-bond donors (Lipinski definition) is 9. The summed E-state index contributed by atoms with van der Waals surface area (Å²) in [5.74, 6) is -0.336. The molecular formula is C59H101NO13. The average Bonchev–Trinajstić information content (AvgIpc) is 3.39. The van der Waals surface area contributed by atoms with E-state index in [1.165, 1.54) is 103 Å². The highest BCUT2D eigenvalue weighted by atomic mass is 16.7. The molecule has 12 unspecified atom stereocenters. The standard InChI is InChI=1S/C59H101NO13/c1-3-5-7-9-11-13-15-17-18-19-20-21-22-23-24-25-26-27-28-29-31-32-34-36-38-40-42-48(63)47(60-51(64)43-41-39-37-35-33-30-16-14-12-10-8-6-4-2)46-70-58-56(69)54(67)57(50(45-62)72-58)73-59-55(68)53(66)52(65)49(44-61)71-59/h6,8,12,14,27-28,30,32-34,37,39-40,42,47-50,52-59,61-63,65-69H,3-5,7,9-11,13,15-26,29,31,35-36,38,41,43-46H2,1-2H3,(H,60,64)/b8-6-,14-12-,28-27+,33-30-,34-32+,39-37-,42-40+. The second-order valence-corrected chi connectivity index (χ2v) is 19.7. The minimum Gasteiger partial charge on any atom is -0.394 e. The molecule has 0 aliphatic carbocycles. The third-order valence-electron chi connectivity index (χ3n) is 13.3. The zero-order valence-electron chi connectivity index (χ0n) is 44.8. The average molecular weight is 1030 g/mol. The van der Waals surface area contributed by atoms with Crippen molar-refractivity contribution in [3.8, 4) is 0 Å². The fraction of sp³-hybridized carbons (Fsp3) is 0.746. The number of ether oxygens (including phenoxy) is 4. The molecule has 2 heterocycles. The number of allylic oxidation sites excluding steroid dienone is 13. The van der Waals surface area contributed by atoms with Crippen LogP contribution in [0.15, 0.2) is 85.1 Å². The van der Waals surface area contributed by atoms with E-state index in [4.69, 9.17) is 18.9 Å². The lowest BCUT2D eigenvalue weighted by molar-refractivity contribution is -0.359. The van der Waals surface area contributed by atoms with Crippen LogP contribution in [-0.4, -0.2) is 140 Å². The van der Waals surface area contributed by atoms with Gasteiger partial charge in [0.25, 0.3) is 0 Å². The number of aliphatic hydroxyl groups is 8. The lowest BCUT2D eigenvalue weighted by Crippen LogP contribution is -2.65. The van der Waals surface area contributed by atoms with E-state index in [0.717, 1.165) is 51.4 Å². The van der Waals surface area contributed by atoms with E-state index in [2.05, 4.69) is 79.9 Å². The minimum atomic E-state index is -1.80. The van der Waals surface area contributed by atoms with E-state index in [-0.39, 0.29) is 18.9 Å². The molecule has 14 nitrogen and oxygen atoms in total. The predicted octanol–water partition coefficient (Wildman–Crippen LogP) is 8.94. The molecule has 73 heavy (non-hydrogen) atoms. The largest absolute Gasteiger partial charge is 0.394 e. The zero-order valence-corrected chi connectivity index (χ0v) is 44.8. The Morgan fingerprint density at radius 1 is 0.507 bits per heavy atom. The molecule has 1 amide bonds. The Hall–Kier alpha value is -2.83. The van der Waals surface area contributed by atoms with Crippen LogP contribution < -0.4 is 5.32 Å². The lowest BCUT2D eigenvalue weighted by atomic mass is 9.97. The van der Waals surface area contributed by atoms with Crippen LogP contribution in [0, 0.1) is 0 Å². The minimum absolute atomic E-state index is 0.144. The SMILES string of the molecule is CC/C=C\C/C=C\C/C=C\C/C=C\CCC(=O)NC(COC1OC(CO)C(OC2OC(CO)C(O)C(O)C2O)C(O)C1O)C(O)/C=C/CC/C=C/CC/C=C/CCCCCCCCCCCCCCCCCC. The van der Waals surface area contributed by atoms with Crippen molar-refractivity contribution in [1.29, 1.82) is 0 Å². The van der Waals surface area contributed by atoms with Crippen LogP contribution in [0.1, 0.15) is 187 Å². The molecule has 0 saturated carbocycles. The fourth-order valence-electron chi connectivity index (χ4n) is 8.74. The molecule has 0 aromatic rings. The van der Waals surface area contributed by atoms with Crippen molar-refractivity contribution in [3.63, 3.8) is 0 Å². The van der Waals surface area contributed by atoms with Crippen LogP contribution in [0.2, 0.25) is 0 Å². The third-order valence-corrected chi connectivity index (χ3v) is 13.3. The maximum Gasteiger partial charge on any atom is 0.220 e. The Morgan fingerprint density at radius 3 is 1.49 bits per heavy atom. The summed E-state index contributed by atoms with van der Waals surface area (Å²) in [7, 11) is 0. The van der Waals surface area contributed by atoms with Gasteiger partial charge in [-0.25, -0.2) is 0 Å². The maximum atomic E-state index is 13.1. The van der Waals surface area contributed by atoms with Crippen LogP contribution in [-0.2, 0) is 23.7 Å². The molecule has 12 atom stereocenters. The molecule has 0 radical (unpaired) electrons. The van der Waals surface area contributed by atoms with Crippen molar-refractivity contribution >= 4 is 5.91 Å². The van der Waals surface area contributed by atoms with Gasteiger partial charge < -0.3 is 65.1 Å². The second kappa shape index (κ2) is 44.3. The number of hydrogen-bond acceptors (Lipinski definition) is 13. The van der Waals surface area contributed by atoms with Gasteiger partial charge in [-0.05, 0) is 70.6 Å². The van der Waals surface area contributed by atoms with E-state index in [0.29, 0.717) is 12.8 Å². The lowest BCUT2D eigenvalue weighted by Gasteiger charge is -2.46. The van der Waals surface area contributed by atoms with E-state index in [1.807, 2.05) is 18.2 Å². The van der Waals surface area contributed by atoms with Crippen molar-refractivity contribution in [3.05, 3.63) is 85.1 Å². The van der Waals surface area contributed by atoms with Crippen LogP contribution in [0.3, 0.4) is 0 Å². The van der Waals surface area contributed by atoms with Crippen molar-refractivity contribution in [2.45, 2.75) is 261 Å². The highest BCUT2D eigenvalue weighted by molar-refractivity contribution is 5.76. The Kier molecular flexibility index (Phi) is 40.2. The van der Waals surface area contributed by atoms with E-state index in [1.54, 1.807) is 6.08 Å². The summed E-state index contributed by atoms with van der Waals surface area (Å²) in [5, 5.41) is 86.8. The Labute approximate surface area is 440 Å². The molecule has 0 aromatic carbocycles. The first-order valence-corrected chi connectivity index (χ1v) is 28.3. The van der Waals surface area contributed by atoms with Crippen LogP contribution >= 0.6 is 0 Å². The van der Waals surface area contributed by atoms with Gasteiger partial charge in [0.2, 0.25) is 5.91 Å². The number of amides is 1. The topological polar surface area (TPSA) is 228 Å². The van der Waals surface area contributed by atoms with Crippen molar-refractivity contribution in [2.24, 2.45) is 0 Å². The normalized spacial score (nSPS) is 26.1. The van der Waals surface area contributed by atoms with Crippen molar-refractivity contribution < 1.29 is 64.6 Å². The quantitative estimate of drug-likeness (QED) is 0.0206. The summed E-state index contributed by atoms with van der Waals surface area (Å²) in [5.41, 5.74) is 0. The monoisotopic (exact) mass is 1030 g/mol. The Morgan fingerprint density at radius 2 is 0.959 bits per heavy atom. The van der Waals surface area contributed by atoms with E-state index < -0.39 is 86.8 Å². The van der Waals surface area contributed by atoms with E-state index >= 15 is 0 Å². The molecule has 2 rings (SSSR count). The molecule has 14 heteroatoms. The van der Waals surface area contributed by atoms with Gasteiger partial charge in [-0.2, -0.15) is 0 Å². The second-order valence-electron chi connectivity index (χ2n) is 19.7. The first-order valence-electron chi connectivity index (χ1n) is 28.3. The Bertz CT molecular complexity index is 1550. The van der Waals surface area contributed by atoms with Gasteiger partial charge in [-0.3, -0.25) is 4.79 Å². The number of rotatable bonds is 43. The van der Waals surface area contributed by atoms with Crippen LogP contribution in [0.4, 0.5) is 0 Å². The molecule has 2 fully saturated rings. The number of carbonyl (C=O) groups excluding carboxylic acids is 1. The number of carbonyl (C=O) groups is 1. The number of aliphatic hydroxyl groups excluding tert-OH is 8. The van der Waals surface area contributed by atoms with Gasteiger partial charge in [0, 0.05) is 6.42 Å². The first-order chi connectivity index (χ1) is 35.6. The molecule has 2 aliphatic rings. The molecule has 420 valence electrons. The molecular weight excluding hydrogens is 931 g/mol. The molecule has 0 bridgehead atoms. The van der Waals surface area contributed by atoms with Gasteiger partial charge in [-0.15, -0.1) is 0 Å². The van der Waals surface area contributed by atoms with Crippen LogP contribution in [0.5, 0.6) is 0 Å². The highest BCUT2D eigenvalue weighted by Gasteiger charge is 2.51. The fourth-order valence-corrected chi connectivity index (χ4v) is 8.74. The smallest absolute Gasteiger partial charge is 0.220 e. The molecule has 2 aliphatic heterocycles. The Balaban J connectivity index is 1.80. The molecule has 0 aromatic heterocycles.